The molecule has 93 valence electrons. The van der Waals surface area contributed by atoms with Gasteiger partial charge in [0.15, 0.2) is 0 Å². The van der Waals surface area contributed by atoms with Gasteiger partial charge in [-0.15, -0.1) is 0 Å². The van der Waals surface area contributed by atoms with Crippen LogP contribution in [0.3, 0.4) is 0 Å². The number of hydrogen-bond acceptors (Lipinski definition) is 2. The van der Waals surface area contributed by atoms with Crippen LogP contribution in [0.2, 0.25) is 0 Å². The number of phenolic OH excluding ortho intramolecular Hbond substituents is 1. The van der Waals surface area contributed by atoms with Gasteiger partial charge >= 0.3 is 0 Å². The van der Waals surface area contributed by atoms with Gasteiger partial charge in [-0.2, -0.15) is 0 Å². The van der Waals surface area contributed by atoms with E-state index in [-0.39, 0.29) is 5.41 Å². The quantitative estimate of drug-likeness (QED) is 0.789. The summed E-state index contributed by atoms with van der Waals surface area (Å²) in [6.07, 6.45) is 9.46. The van der Waals surface area contributed by atoms with E-state index in [1.807, 2.05) is 43.9 Å². The lowest BCUT2D eigenvalue weighted by atomic mass is 9.85. The van der Waals surface area contributed by atoms with Crippen LogP contribution in [0.15, 0.2) is 23.2 Å². The molecule has 0 spiro atoms. The Morgan fingerprint density at radius 2 is 1.78 bits per heavy atom. The van der Waals surface area contributed by atoms with Gasteiger partial charge in [0.05, 0.1) is 6.04 Å². The van der Waals surface area contributed by atoms with Gasteiger partial charge in [0.2, 0.25) is 0 Å². The van der Waals surface area contributed by atoms with Gasteiger partial charge in [-0.3, -0.25) is 4.99 Å². The molecular formula is C16H18NO. The first-order valence-electron chi connectivity index (χ1n) is 6.07. The third-order valence-corrected chi connectivity index (χ3v) is 2.87. The van der Waals surface area contributed by atoms with Crippen molar-refractivity contribution >= 4 is 6.21 Å². The maximum Gasteiger partial charge on any atom is 0.128 e. The van der Waals surface area contributed by atoms with Gasteiger partial charge in [0.1, 0.15) is 5.75 Å². The van der Waals surface area contributed by atoms with Gasteiger partial charge in [-0.25, -0.2) is 0 Å². The summed E-state index contributed by atoms with van der Waals surface area (Å²) in [5.74, 6) is 0.320. The molecule has 18 heavy (non-hydrogen) atoms. The highest BCUT2D eigenvalue weighted by molar-refractivity contribution is 5.85. The lowest BCUT2D eigenvalue weighted by Gasteiger charge is -2.21. The zero-order valence-electron chi connectivity index (χ0n) is 11.0. The fraction of sp³-hybridized carbons (Fsp3) is 0.250. The van der Waals surface area contributed by atoms with Crippen LogP contribution in [0.4, 0.5) is 0 Å². The summed E-state index contributed by atoms with van der Waals surface area (Å²) < 4.78 is 0. The molecule has 5 radical (unpaired) electrons. The molecule has 1 aromatic carbocycles. The third-order valence-electron chi connectivity index (χ3n) is 2.87. The van der Waals surface area contributed by atoms with Gasteiger partial charge in [-0.1, -0.05) is 32.9 Å². The number of aromatic hydroxyl groups is 1. The van der Waals surface area contributed by atoms with E-state index in [1.54, 1.807) is 6.21 Å². The van der Waals surface area contributed by atoms with Gasteiger partial charge in [0.25, 0.3) is 0 Å². The van der Waals surface area contributed by atoms with Crippen molar-refractivity contribution in [3.05, 3.63) is 61.1 Å². The molecule has 0 bridgehead atoms. The largest absolute Gasteiger partial charge is 0.507 e. The van der Waals surface area contributed by atoms with E-state index in [2.05, 4.69) is 25.8 Å². The molecule has 1 N–H and O–H groups in total. The topological polar surface area (TPSA) is 32.6 Å². The van der Waals surface area contributed by atoms with Crippen LogP contribution in [0.5, 0.6) is 5.75 Å². The molecule has 0 saturated heterocycles. The van der Waals surface area contributed by atoms with Gasteiger partial charge in [0, 0.05) is 11.8 Å². The second kappa shape index (κ2) is 5.13. The van der Waals surface area contributed by atoms with E-state index in [4.69, 9.17) is 0 Å². The molecule has 2 nitrogen and oxygen atoms in total. The summed E-state index contributed by atoms with van der Waals surface area (Å²) in [7, 11) is 0. The minimum absolute atomic E-state index is 0.0752. The van der Waals surface area contributed by atoms with Crippen LogP contribution in [-0.2, 0) is 5.41 Å². The van der Waals surface area contributed by atoms with Crippen molar-refractivity contribution in [2.75, 3.05) is 0 Å². The minimum atomic E-state index is -0.0752. The summed E-state index contributed by atoms with van der Waals surface area (Å²) in [5, 5.41) is 10.3. The van der Waals surface area contributed by atoms with E-state index >= 15 is 0 Å². The smallest absolute Gasteiger partial charge is 0.128 e. The second-order valence-corrected chi connectivity index (χ2v) is 5.39. The van der Waals surface area contributed by atoms with E-state index in [0.29, 0.717) is 5.75 Å². The molecule has 1 aliphatic rings. The van der Waals surface area contributed by atoms with Crippen LogP contribution in [0.25, 0.3) is 0 Å². The number of phenols is 1. The lowest BCUT2D eigenvalue weighted by molar-refractivity contribution is 0.446. The van der Waals surface area contributed by atoms with Crippen molar-refractivity contribution in [3.8, 4) is 5.75 Å². The maximum atomic E-state index is 10.3. The fourth-order valence-corrected chi connectivity index (χ4v) is 1.86. The number of nitrogens with zero attached hydrogens (tertiary/aromatic N) is 1. The van der Waals surface area contributed by atoms with E-state index in [9.17, 15) is 5.11 Å². The first kappa shape index (κ1) is 13.1. The molecule has 0 heterocycles. The Labute approximate surface area is 110 Å². The van der Waals surface area contributed by atoms with Gasteiger partial charge < -0.3 is 5.11 Å². The highest BCUT2D eigenvalue weighted by Gasteiger charge is 2.20. The molecule has 0 atom stereocenters. The standard InChI is InChI=1S/C16H18NO/c1-16(2,3)14-10-6-7-12(15(14)18)11-17-13-8-4-5-9-13/h4-11,18H,1-3H3. The zero-order valence-corrected chi connectivity index (χ0v) is 11.0. The van der Waals surface area contributed by atoms with Crippen LogP contribution in [0.1, 0.15) is 31.9 Å². The van der Waals surface area contributed by atoms with Crippen molar-refractivity contribution in [2.24, 2.45) is 4.99 Å². The first-order valence-corrected chi connectivity index (χ1v) is 6.07. The predicted octanol–water partition coefficient (Wildman–Crippen LogP) is 3.47. The Kier molecular flexibility index (Phi) is 3.74. The zero-order chi connectivity index (χ0) is 13.2. The molecule has 2 rings (SSSR count). The number of rotatable bonds is 2. The molecule has 1 saturated carbocycles. The molecule has 0 unspecified atom stereocenters. The van der Waals surface area contributed by atoms with Gasteiger partial charge in [-0.05, 0) is 42.7 Å². The summed E-state index contributed by atoms with van der Waals surface area (Å²) in [4.78, 5) is 4.34. The summed E-state index contributed by atoms with van der Waals surface area (Å²) in [6.45, 7) is 6.25. The normalized spacial score (nSPS) is 17.7. The molecular weight excluding hydrogens is 222 g/mol. The summed E-state index contributed by atoms with van der Waals surface area (Å²) in [5.41, 5.74) is 1.62. The molecule has 1 fully saturated rings. The minimum Gasteiger partial charge on any atom is -0.507 e. The lowest BCUT2D eigenvalue weighted by Crippen LogP contribution is -2.11. The molecule has 0 aromatic heterocycles. The predicted molar refractivity (Wildman–Crippen MR) is 74.8 cm³/mol. The molecule has 1 aromatic rings. The van der Waals surface area contributed by atoms with Crippen LogP contribution >= 0.6 is 0 Å². The molecule has 2 heteroatoms. The second-order valence-electron chi connectivity index (χ2n) is 5.39. The fourth-order valence-electron chi connectivity index (χ4n) is 1.86. The average molecular weight is 240 g/mol. The van der Waals surface area contributed by atoms with Crippen LogP contribution in [-0.4, -0.2) is 11.3 Å². The highest BCUT2D eigenvalue weighted by atomic mass is 16.3. The molecule has 0 amide bonds. The number of hydrogen-bond donors (Lipinski definition) is 1. The van der Waals surface area contributed by atoms with E-state index < -0.39 is 0 Å². The Balaban J connectivity index is 2.23. The highest BCUT2D eigenvalue weighted by Crippen LogP contribution is 2.32. The Morgan fingerprint density at radius 3 is 2.39 bits per heavy atom. The third kappa shape index (κ3) is 2.92. The molecule has 1 aliphatic carbocycles. The Hall–Kier alpha value is -1.31. The number of para-hydroxylation sites is 1. The van der Waals surface area contributed by atoms with Crippen molar-refractivity contribution in [3.63, 3.8) is 0 Å². The molecule has 0 aliphatic heterocycles. The van der Waals surface area contributed by atoms with Crippen LogP contribution in [0, 0.1) is 31.7 Å². The first-order chi connectivity index (χ1) is 8.48. The summed E-state index contributed by atoms with van der Waals surface area (Å²) in [6, 6.07) is 6.68. The van der Waals surface area contributed by atoms with Crippen LogP contribution < -0.4 is 0 Å². The summed E-state index contributed by atoms with van der Waals surface area (Å²) >= 11 is 0. The van der Waals surface area contributed by atoms with E-state index in [0.717, 1.165) is 17.2 Å². The Morgan fingerprint density at radius 1 is 1.11 bits per heavy atom. The number of benzene rings is 1. The SMILES string of the molecule is CC(C)(C)c1cccc(C=N[C]2[CH][CH][CH][CH]2)c1O. The monoisotopic (exact) mass is 240 g/mol. The van der Waals surface area contributed by atoms with Crippen molar-refractivity contribution in [1.29, 1.82) is 0 Å². The van der Waals surface area contributed by atoms with Crippen molar-refractivity contribution < 1.29 is 5.11 Å². The maximum absolute atomic E-state index is 10.3. The van der Waals surface area contributed by atoms with E-state index in [1.165, 1.54) is 0 Å². The average Bonchev–Trinajstić information content (AvgIpc) is 2.79. The Bertz CT molecular complexity index is 437. The number of aliphatic imine (C=N–C) groups is 1. The van der Waals surface area contributed by atoms with Crippen molar-refractivity contribution in [2.45, 2.75) is 26.2 Å². The van der Waals surface area contributed by atoms with Crippen molar-refractivity contribution in [1.82, 2.24) is 0 Å².